The standard InChI is InChI=1S/C28H49NO3/c1-3-5-7-9-11-13-15-17-19-21-23-27(31)26(25-30)29-28(32)24-22-20-18-16-14-12-10-8-6-4-2/h5,7,10,12-13,15,21,23,26-27,30-31H,3-4,6,8-9,11,14,16-20,22,24-25H2,1-2H3,(H,29,32)/b7-5+,12-10-,15-13+,23-21+. The fourth-order valence-electron chi connectivity index (χ4n) is 3.25. The molecule has 4 heteroatoms. The maximum absolute atomic E-state index is 12.1. The van der Waals surface area contributed by atoms with E-state index in [2.05, 4.69) is 55.6 Å². The summed E-state index contributed by atoms with van der Waals surface area (Å²) in [6, 6.07) is -0.645. The Hall–Kier alpha value is -1.65. The van der Waals surface area contributed by atoms with E-state index in [9.17, 15) is 15.0 Å². The van der Waals surface area contributed by atoms with Crippen molar-refractivity contribution in [3.05, 3.63) is 48.6 Å². The number of unbranched alkanes of at least 4 members (excludes halogenated alkanes) is 8. The number of carbonyl (C=O) groups is 1. The van der Waals surface area contributed by atoms with Gasteiger partial charge in [0, 0.05) is 6.42 Å². The number of hydrogen-bond acceptors (Lipinski definition) is 3. The Morgan fingerprint density at radius 1 is 0.750 bits per heavy atom. The van der Waals surface area contributed by atoms with Crippen molar-refractivity contribution < 1.29 is 15.0 Å². The summed E-state index contributed by atoms with van der Waals surface area (Å²) in [5.41, 5.74) is 0. The third-order valence-electron chi connectivity index (χ3n) is 5.27. The highest BCUT2D eigenvalue weighted by Crippen LogP contribution is 2.08. The molecule has 1 amide bonds. The van der Waals surface area contributed by atoms with Crippen LogP contribution < -0.4 is 5.32 Å². The van der Waals surface area contributed by atoms with Crippen LogP contribution in [-0.2, 0) is 4.79 Å². The molecule has 0 spiro atoms. The number of aliphatic hydroxyl groups excluding tert-OH is 2. The third-order valence-corrected chi connectivity index (χ3v) is 5.27. The van der Waals surface area contributed by atoms with Crippen LogP contribution in [0.4, 0.5) is 0 Å². The van der Waals surface area contributed by atoms with E-state index in [0.717, 1.165) is 64.2 Å². The number of amides is 1. The molecular formula is C28H49NO3. The smallest absolute Gasteiger partial charge is 0.220 e. The first-order chi connectivity index (χ1) is 15.7. The van der Waals surface area contributed by atoms with E-state index in [1.54, 1.807) is 6.08 Å². The second kappa shape index (κ2) is 24.0. The molecular weight excluding hydrogens is 398 g/mol. The van der Waals surface area contributed by atoms with E-state index in [-0.39, 0.29) is 12.5 Å². The summed E-state index contributed by atoms with van der Waals surface area (Å²) in [6.45, 7) is 4.07. The Kier molecular flexibility index (Phi) is 22.8. The van der Waals surface area contributed by atoms with Crippen molar-refractivity contribution in [2.45, 2.75) is 116 Å². The second-order valence-electron chi connectivity index (χ2n) is 8.35. The molecule has 0 aliphatic carbocycles. The molecule has 0 rings (SSSR count). The second-order valence-corrected chi connectivity index (χ2v) is 8.35. The first-order valence-electron chi connectivity index (χ1n) is 12.9. The molecule has 0 fully saturated rings. The molecule has 0 saturated carbocycles. The fourth-order valence-corrected chi connectivity index (χ4v) is 3.25. The third kappa shape index (κ3) is 20.3. The van der Waals surface area contributed by atoms with Crippen LogP contribution in [0.25, 0.3) is 0 Å². The molecule has 4 nitrogen and oxygen atoms in total. The lowest BCUT2D eigenvalue weighted by Gasteiger charge is -2.19. The quantitative estimate of drug-likeness (QED) is 0.138. The minimum absolute atomic E-state index is 0.101. The predicted molar refractivity (Wildman–Crippen MR) is 138 cm³/mol. The van der Waals surface area contributed by atoms with Crippen LogP contribution in [0.15, 0.2) is 48.6 Å². The van der Waals surface area contributed by atoms with Crippen molar-refractivity contribution >= 4 is 5.91 Å². The van der Waals surface area contributed by atoms with E-state index in [1.807, 2.05) is 6.08 Å². The SMILES string of the molecule is CC/C=C/CC/C=C/CC/C=C/C(O)C(CO)NC(=O)CCCCCC/C=C\CCCC. The zero-order chi connectivity index (χ0) is 23.7. The minimum atomic E-state index is -0.869. The molecule has 2 atom stereocenters. The monoisotopic (exact) mass is 447 g/mol. The maximum Gasteiger partial charge on any atom is 0.220 e. The predicted octanol–water partition coefficient (Wildman–Crippen LogP) is 6.55. The molecule has 0 radical (unpaired) electrons. The van der Waals surface area contributed by atoms with Crippen molar-refractivity contribution in [2.75, 3.05) is 6.61 Å². The van der Waals surface area contributed by atoms with E-state index in [4.69, 9.17) is 0 Å². The van der Waals surface area contributed by atoms with Crippen molar-refractivity contribution in [1.29, 1.82) is 0 Å². The Morgan fingerprint density at radius 2 is 1.31 bits per heavy atom. The van der Waals surface area contributed by atoms with Crippen molar-refractivity contribution in [3.8, 4) is 0 Å². The molecule has 3 N–H and O–H groups in total. The molecule has 0 saturated heterocycles. The number of aliphatic hydroxyl groups is 2. The van der Waals surface area contributed by atoms with Crippen LogP contribution in [0.1, 0.15) is 104 Å². The van der Waals surface area contributed by atoms with Gasteiger partial charge in [0.25, 0.3) is 0 Å². The first kappa shape index (κ1) is 30.4. The summed E-state index contributed by atoms with van der Waals surface area (Å²) in [5.74, 6) is -0.101. The van der Waals surface area contributed by atoms with Gasteiger partial charge in [0.05, 0.1) is 18.8 Å². The molecule has 0 aromatic rings. The van der Waals surface area contributed by atoms with Gasteiger partial charge in [0.15, 0.2) is 0 Å². The largest absolute Gasteiger partial charge is 0.394 e. The van der Waals surface area contributed by atoms with Crippen molar-refractivity contribution in [1.82, 2.24) is 5.32 Å². The summed E-state index contributed by atoms with van der Waals surface area (Å²) in [5, 5.41) is 22.5. The van der Waals surface area contributed by atoms with Crippen LogP contribution in [0.2, 0.25) is 0 Å². The van der Waals surface area contributed by atoms with E-state index < -0.39 is 12.1 Å². The lowest BCUT2D eigenvalue weighted by atomic mass is 10.1. The molecule has 0 bridgehead atoms. The Bertz CT molecular complexity index is 537. The van der Waals surface area contributed by atoms with Gasteiger partial charge in [-0.25, -0.2) is 0 Å². The van der Waals surface area contributed by atoms with Gasteiger partial charge in [-0.3, -0.25) is 4.79 Å². The highest BCUT2D eigenvalue weighted by Gasteiger charge is 2.17. The minimum Gasteiger partial charge on any atom is -0.394 e. The van der Waals surface area contributed by atoms with Gasteiger partial charge < -0.3 is 15.5 Å². The number of rotatable bonds is 21. The number of nitrogens with one attached hydrogen (secondary N) is 1. The van der Waals surface area contributed by atoms with Gasteiger partial charge in [-0.15, -0.1) is 0 Å². The van der Waals surface area contributed by atoms with Crippen LogP contribution in [0.5, 0.6) is 0 Å². The first-order valence-corrected chi connectivity index (χ1v) is 12.9. The molecule has 184 valence electrons. The van der Waals surface area contributed by atoms with Crippen LogP contribution in [0, 0.1) is 0 Å². The Balaban J connectivity index is 3.87. The zero-order valence-corrected chi connectivity index (χ0v) is 20.7. The summed E-state index contributed by atoms with van der Waals surface area (Å²) >= 11 is 0. The summed E-state index contributed by atoms with van der Waals surface area (Å²) in [6.07, 6.45) is 30.4. The van der Waals surface area contributed by atoms with Crippen molar-refractivity contribution in [2.24, 2.45) is 0 Å². The summed E-state index contributed by atoms with van der Waals surface area (Å²) in [4.78, 5) is 12.1. The molecule has 2 unspecified atom stereocenters. The highest BCUT2D eigenvalue weighted by atomic mass is 16.3. The zero-order valence-electron chi connectivity index (χ0n) is 20.7. The van der Waals surface area contributed by atoms with Gasteiger partial charge in [-0.2, -0.15) is 0 Å². The Morgan fingerprint density at radius 3 is 1.94 bits per heavy atom. The topological polar surface area (TPSA) is 69.6 Å². The van der Waals surface area contributed by atoms with E-state index in [1.165, 1.54) is 19.3 Å². The normalized spacial score (nSPS) is 14.2. The summed E-state index contributed by atoms with van der Waals surface area (Å²) in [7, 11) is 0. The van der Waals surface area contributed by atoms with Crippen LogP contribution in [-0.4, -0.2) is 34.9 Å². The molecule has 0 aliphatic rings. The average molecular weight is 448 g/mol. The molecule has 0 aromatic carbocycles. The van der Waals surface area contributed by atoms with Gasteiger partial charge in [0.2, 0.25) is 5.91 Å². The van der Waals surface area contributed by atoms with Gasteiger partial charge in [-0.05, 0) is 57.8 Å². The van der Waals surface area contributed by atoms with Crippen LogP contribution in [0.3, 0.4) is 0 Å². The molecule has 0 heterocycles. The lowest BCUT2D eigenvalue weighted by molar-refractivity contribution is -0.123. The van der Waals surface area contributed by atoms with E-state index in [0.29, 0.717) is 6.42 Å². The van der Waals surface area contributed by atoms with Gasteiger partial charge in [0.1, 0.15) is 0 Å². The summed E-state index contributed by atoms with van der Waals surface area (Å²) < 4.78 is 0. The average Bonchev–Trinajstić information content (AvgIpc) is 2.79. The van der Waals surface area contributed by atoms with Crippen LogP contribution >= 0.6 is 0 Å². The lowest BCUT2D eigenvalue weighted by Crippen LogP contribution is -2.45. The van der Waals surface area contributed by atoms with Gasteiger partial charge >= 0.3 is 0 Å². The van der Waals surface area contributed by atoms with E-state index >= 15 is 0 Å². The fraction of sp³-hybridized carbons (Fsp3) is 0.679. The van der Waals surface area contributed by atoms with Crippen molar-refractivity contribution in [3.63, 3.8) is 0 Å². The number of hydrogen-bond donors (Lipinski definition) is 3. The number of carbonyl (C=O) groups excluding carboxylic acids is 1. The highest BCUT2D eigenvalue weighted by molar-refractivity contribution is 5.76. The molecule has 32 heavy (non-hydrogen) atoms. The Labute approximate surface area is 197 Å². The van der Waals surface area contributed by atoms with Gasteiger partial charge in [-0.1, -0.05) is 88.1 Å². The number of allylic oxidation sites excluding steroid dienone is 7. The molecule has 0 aliphatic heterocycles. The molecule has 0 aromatic heterocycles. The maximum atomic E-state index is 12.1.